The lowest BCUT2D eigenvalue weighted by molar-refractivity contribution is -0.0118. The number of aliphatic hydroxyl groups excluding tert-OH is 1. The molecule has 0 aromatic rings. The van der Waals surface area contributed by atoms with E-state index >= 15 is 0 Å². The van der Waals surface area contributed by atoms with Crippen LogP contribution in [0.5, 0.6) is 0 Å². The molecular formula is C6H15ClN2O. The number of likely N-dealkylation sites (tertiary alicyclic amines) is 1. The molecule has 1 heterocycles. The molecule has 0 amide bonds. The van der Waals surface area contributed by atoms with Gasteiger partial charge in [0.1, 0.15) is 6.23 Å². The fraction of sp³-hybridized carbons (Fsp3) is 1.00. The molecule has 0 aromatic carbocycles. The van der Waals surface area contributed by atoms with Gasteiger partial charge in [0.05, 0.1) is 0 Å². The molecule has 1 aliphatic heterocycles. The van der Waals surface area contributed by atoms with Crippen LogP contribution in [0.3, 0.4) is 0 Å². The molecule has 0 aliphatic carbocycles. The number of hydrogen-bond acceptors (Lipinski definition) is 3. The van der Waals surface area contributed by atoms with Crippen molar-refractivity contribution in [2.24, 2.45) is 5.73 Å². The first-order chi connectivity index (χ1) is 4.20. The van der Waals surface area contributed by atoms with Crippen LogP contribution in [0.1, 0.15) is 12.8 Å². The number of nitrogens with zero attached hydrogens (tertiary/aromatic N) is 1. The van der Waals surface area contributed by atoms with Gasteiger partial charge in [-0.3, -0.25) is 4.90 Å². The van der Waals surface area contributed by atoms with E-state index in [-0.39, 0.29) is 24.7 Å². The van der Waals surface area contributed by atoms with E-state index in [9.17, 15) is 0 Å². The molecule has 62 valence electrons. The Morgan fingerprint density at radius 1 is 1.50 bits per heavy atom. The van der Waals surface area contributed by atoms with E-state index in [4.69, 9.17) is 10.8 Å². The fourth-order valence-corrected chi connectivity index (χ4v) is 1.17. The van der Waals surface area contributed by atoms with Gasteiger partial charge >= 0.3 is 0 Å². The summed E-state index contributed by atoms with van der Waals surface area (Å²) in [6.45, 7) is 0.821. The number of aliphatic hydroxyl groups is 1. The second kappa shape index (κ2) is 4.13. The topological polar surface area (TPSA) is 49.5 Å². The molecule has 10 heavy (non-hydrogen) atoms. The predicted molar refractivity (Wildman–Crippen MR) is 43.1 cm³/mol. The highest BCUT2D eigenvalue weighted by atomic mass is 35.5. The molecule has 0 spiro atoms. The average molecular weight is 167 g/mol. The Morgan fingerprint density at radius 2 is 2.10 bits per heavy atom. The predicted octanol–water partition coefficient (Wildman–Crippen LogP) is -0.221. The molecule has 0 bridgehead atoms. The molecular weight excluding hydrogens is 152 g/mol. The third-order valence-corrected chi connectivity index (χ3v) is 1.83. The third kappa shape index (κ3) is 2.42. The number of hydrogen-bond donors (Lipinski definition) is 2. The quantitative estimate of drug-likeness (QED) is 0.523. The van der Waals surface area contributed by atoms with Gasteiger partial charge in [0.2, 0.25) is 0 Å². The number of piperidine rings is 1. The molecule has 1 fully saturated rings. The summed E-state index contributed by atoms with van der Waals surface area (Å²) in [6.07, 6.45) is 1.51. The summed E-state index contributed by atoms with van der Waals surface area (Å²) in [5.41, 5.74) is 5.63. The SMILES string of the molecule is CN1CC(N)CCC1O.Cl. The Bertz CT molecular complexity index is 102. The first kappa shape index (κ1) is 10.2. The second-order valence-corrected chi connectivity index (χ2v) is 2.76. The van der Waals surface area contributed by atoms with Crippen molar-refractivity contribution in [1.29, 1.82) is 0 Å². The maximum atomic E-state index is 9.17. The first-order valence-electron chi connectivity index (χ1n) is 3.34. The maximum absolute atomic E-state index is 9.17. The van der Waals surface area contributed by atoms with Gasteiger partial charge in [-0.05, 0) is 19.9 Å². The zero-order chi connectivity index (χ0) is 6.85. The zero-order valence-corrected chi connectivity index (χ0v) is 6.97. The standard InChI is InChI=1S/C6H14N2O.ClH/c1-8-4-5(7)2-3-6(8)9;/h5-6,9H,2-4,7H2,1H3;1H. The minimum atomic E-state index is -0.259. The Morgan fingerprint density at radius 3 is 2.50 bits per heavy atom. The van der Waals surface area contributed by atoms with Crippen LogP contribution in [-0.4, -0.2) is 35.9 Å². The largest absolute Gasteiger partial charge is 0.378 e. The summed E-state index contributed by atoms with van der Waals surface area (Å²) in [5, 5.41) is 9.17. The summed E-state index contributed by atoms with van der Waals surface area (Å²) in [5.74, 6) is 0. The number of halogens is 1. The molecule has 2 atom stereocenters. The second-order valence-electron chi connectivity index (χ2n) is 2.76. The summed E-state index contributed by atoms with van der Waals surface area (Å²) in [6, 6.07) is 0.262. The number of rotatable bonds is 0. The molecule has 1 saturated heterocycles. The summed E-state index contributed by atoms with van der Waals surface area (Å²) in [7, 11) is 1.89. The van der Waals surface area contributed by atoms with Crippen LogP contribution in [0.4, 0.5) is 0 Å². The van der Waals surface area contributed by atoms with Gasteiger partial charge in [-0.2, -0.15) is 0 Å². The number of likely N-dealkylation sites (N-methyl/N-ethyl adjacent to an activating group) is 1. The molecule has 4 heteroatoms. The Hall–Kier alpha value is 0.170. The van der Waals surface area contributed by atoms with Crippen molar-refractivity contribution in [3.05, 3.63) is 0 Å². The fourth-order valence-electron chi connectivity index (χ4n) is 1.17. The van der Waals surface area contributed by atoms with Crippen molar-refractivity contribution in [3.63, 3.8) is 0 Å². The maximum Gasteiger partial charge on any atom is 0.107 e. The van der Waals surface area contributed by atoms with E-state index in [1.807, 2.05) is 11.9 Å². The van der Waals surface area contributed by atoms with Crippen molar-refractivity contribution < 1.29 is 5.11 Å². The zero-order valence-electron chi connectivity index (χ0n) is 6.16. The molecule has 0 aromatic heterocycles. The summed E-state index contributed by atoms with van der Waals surface area (Å²) in [4.78, 5) is 1.88. The Labute approximate surface area is 67.6 Å². The van der Waals surface area contributed by atoms with E-state index in [1.165, 1.54) is 0 Å². The highest BCUT2D eigenvalue weighted by molar-refractivity contribution is 5.85. The Balaban J connectivity index is 0.000000810. The van der Waals surface area contributed by atoms with E-state index in [0.29, 0.717) is 0 Å². The Kier molecular flexibility index (Phi) is 4.20. The van der Waals surface area contributed by atoms with Gasteiger partial charge in [0, 0.05) is 12.6 Å². The minimum Gasteiger partial charge on any atom is -0.378 e. The van der Waals surface area contributed by atoms with Gasteiger partial charge in [0.15, 0.2) is 0 Å². The first-order valence-corrected chi connectivity index (χ1v) is 3.34. The minimum absolute atomic E-state index is 0. The lowest BCUT2D eigenvalue weighted by Crippen LogP contribution is -2.46. The smallest absolute Gasteiger partial charge is 0.107 e. The van der Waals surface area contributed by atoms with E-state index < -0.39 is 0 Å². The van der Waals surface area contributed by atoms with Crippen LogP contribution in [0.15, 0.2) is 0 Å². The molecule has 3 N–H and O–H groups in total. The van der Waals surface area contributed by atoms with Crippen LogP contribution in [-0.2, 0) is 0 Å². The average Bonchev–Trinajstić information content (AvgIpc) is 1.80. The van der Waals surface area contributed by atoms with Crippen molar-refractivity contribution in [2.45, 2.75) is 25.1 Å². The summed E-state index contributed by atoms with van der Waals surface area (Å²) < 4.78 is 0. The summed E-state index contributed by atoms with van der Waals surface area (Å²) >= 11 is 0. The van der Waals surface area contributed by atoms with Gasteiger partial charge in [-0.15, -0.1) is 12.4 Å². The van der Waals surface area contributed by atoms with Crippen LogP contribution >= 0.6 is 12.4 Å². The van der Waals surface area contributed by atoms with E-state index in [1.54, 1.807) is 0 Å². The van der Waals surface area contributed by atoms with Crippen LogP contribution in [0, 0.1) is 0 Å². The third-order valence-electron chi connectivity index (χ3n) is 1.83. The van der Waals surface area contributed by atoms with Gasteiger partial charge in [0.25, 0.3) is 0 Å². The van der Waals surface area contributed by atoms with Crippen LogP contribution in [0.25, 0.3) is 0 Å². The number of nitrogens with two attached hydrogens (primary N) is 1. The van der Waals surface area contributed by atoms with Crippen LogP contribution in [0.2, 0.25) is 0 Å². The molecule has 0 saturated carbocycles. The molecule has 3 nitrogen and oxygen atoms in total. The van der Waals surface area contributed by atoms with Crippen molar-refractivity contribution in [1.82, 2.24) is 4.90 Å². The lowest BCUT2D eigenvalue weighted by atomic mass is 10.1. The molecule has 2 unspecified atom stereocenters. The normalized spacial score (nSPS) is 35.1. The van der Waals surface area contributed by atoms with Gasteiger partial charge in [-0.25, -0.2) is 0 Å². The monoisotopic (exact) mass is 166 g/mol. The van der Waals surface area contributed by atoms with Crippen molar-refractivity contribution in [3.8, 4) is 0 Å². The van der Waals surface area contributed by atoms with Gasteiger partial charge in [-0.1, -0.05) is 0 Å². The molecule has 1 rings (SSSR count). The highest BCUT2D eigenvalue weighted by Crippen LogP contribution is 2.10. The van der Waals surface area contributed by atoms with E-state index in [0.717, 1.165) is 19.4 Å². The molecule has 0 radical (unpaired) electrons. The molecule has 1 aliphatic rings. The van der Waals surface area contributed by atoms with Crippen molar-refractivity contribution in [2.75, 3.05) is 13.6 Å². The van der Waals surface area contributed by atoms with Crippen LogP contribution < -0.4 is 5.73 Å². The van der Waals surface area contributed by atoms with Gasteiger partial charge < -0.3 is 10.8 Å². The highest BCUT2D eigenvalue weighted by Gasteiger charge is 2.20. The van der Waals surface area contributed by atoms with Crippen molar-refractivity contribution >= 4 is 12.4 Å². The lowest BCUT2D eigenvalue weighted by Gasteiger charge is -2.31. The van der Waals surface area contributed by atoms with E-state index in [2.05, 4.69) is 0 Å².